The van der Waals surface area contributed by atoms with Crippen LogP contribution in [-0.2, 0) is 6.42 Å². The van der Waals surface area contributed by atoms with Crippen molar-refractivity contribution in [2.45, 2.75) is 6.42 Å². The van der Waals surface area contributed by atoms with Crippen LogP contribution in [0.2, 0.25) is 0 Å². The van der Waals surface area contributed by atoms with Crippen molar-refractivity contribution < 1.29 is 4.74 Å². The molecule has 1 nitrogen and oxygen atoms in total. The van der Waals surface area contributed by atoms with Crippen LogP contribution in [0.4, 0.5) is 0 Å². The lowest BCUT2D eigenvalue weighted by Gasteiger charge is -2.07. The highest BCUT2D eigenvalue weighted by atomic mass is 32.1. The van der Waals surface area contributed by atoms with Gasteiger partial charge in [-0.25, -0.2) is 0 Å². The predicted molar refractivity (Wildman–Crippen MR) is 77.6 cm³/mol. The van der Waals surface area contributed by atoms with Gasteiger partial charge in [-0.15, -0.1) is 11.3 Å². The normalized spacial score (nSPS) is 10.7. The van der Waals surface area contributed by atoms with E-state index in [2.05, 4.69) is 47.8 Å². The third kappa shape index (κ3) is 2.12. The Bertz CT molecular complexity index is 656. The number of rotatable bonds is 3. The monoisotopic (exact) mass is 254 g/mol. The highest BCUT2D eigenvalue weighted by molar-refractivity contribution is 7.09. The average molecular weight is 254 g/mol. The standard InChI is InChI=1S/C16H14OS/c1-17-14-7-8-16-12(10-14)4-2-5-13(16)11-15-6-3-9-18-15/h2-10H,11H2,1H3. The number of ether oxygens (including phenoxy) is 1. The second-order valence-electron chi connectivity index (χ2n) is 4.26. The molecule has 1 heterocycles. The van der Waals surface area contributed by atoms with E-state index < -0.39 is 0 Å². The van der Waals surface area contributed by atoms with Gasteiger partial charge in [-0.1, -0.05) is 30.3 Å². The molecule has 0 bridgehead atoms. The summed E-state index contributed by atoms with van der Waals surface area (Å²) in [7, 11) is 1.71. The molecule has 0 aliphatic carbocycles. The second kappa shape index (κ2) is 4.83. The number of methoxy groups -OCH3 is 1. The van der Waals surface area contributed by atoms with Gasteiger partial charge in [0, 0.05) is 11.3 Å². The topological polar surface area (TPSA) is 9.23 Å². The fourth-order valence-electron chi connectivity index (χ4n) is 2.21. The average Bonchev–Trinajstić information content (AvgIpc) is 2.91. The molecule has 90 valence electrons. The molecule has 0 atom stereocenters. The van der Waals surface area contributed by atoms with E-state index in [-0.39, 0.29) is 0 Å². The van der Waals surface area contributed by atoms with Gasteiger partial charge < -0.3 is 4.74 Å². The summed E-state index contributed by atoms with van der Waals surface area (Å²) in [5.74, 6) is 0.913. The Morgan fingerprint density at radius 1 is 1.06 bits per heavy atom. The fourth-order valence-corrected chi connectivity index (χ4v) is 2.94. The van der Waals surface area contributed by atoms with Gasteiger partial charge in [-0.2, -0.15) is 0 Å². The van der Waals surface area contributed by atoms with E-state index >= 15 is 0 Å². The van der Waals surface area contributed by atoms with Crippen molar-refractivity contribution in [2.24, 2.45) is 0 Å². The number of hydrogen-bond acceptors (Lipinski definition) is 2. The van der Waals surface area contributed by atoms with Crippen LogP contribution in [0, 0.1) is 0 Å². The van der Waals surface area contributed by atoms with Crippen LogP contribution in [0.1, 0.15) is 10.4 Å². The molecule has 18 heavy (non-hydrogen) atoms. The first-order valence-corrected chi connectivity index (χ1v) is 6.83. The smallest absolute Gasteiger partial charge is 0.119 e. The fraction of sp³-hybridized carbons (Fsp3) is 0.125. The molecule has 0 aliphatic rings. The maximum Gasteiger partial charge on any atom is 0.119 e. The second-order valence-corrected chi connectivity index (χ2v) is 5.29. The Morgan fingerprint density at radius 2 is 2.00 bits per heavy atom. The largest absolute Gasteiger partial charge is 0.497 e. The van der Waals surface area contributed by atoms with Crippen molar-refractivity contribution in [3.63, 3.8) is 0 Å². The van der Waals surface area contributed by atoms with Crippen LogP contribution in [0.5, 0.6) is 5.75 Å². The SMILES string of the molecule is COc1ccc2c(Cc3cccs3)cccc2c1. The molecule has 3 aromatic rings. The van der Waals surface area contributed by atoms with E-state index in [0.717, 1.165) is 12.2 Å². The van der Waals surface area contributed by atoms with Crippen LogP contribution in [0.25, 0.3) is 10.8 Å². The maximum atomic E-state index is 5.27. The summed E-state index contributed by atoms with van der Waals surface area (Å²) in [5, 5.41) is 4.68. The van der Waals surface area contributed by atoms with Crippen LogP contribution in [0.3, 0.4) is 0 Å². The molecule has 3 rings (SSSR count). The van der Waals surface area contributed by atoms with Gasteiger partial charge in [0.05, 0.1) is 7.11 Å². The molecule has 0 amide bonds. The molecular formula is C16H14OS. The molecule has 0 N–H and O–H groups in total. The van der Waals surface area contributed by atoms with Gasteiger partial charge in [0.2, 0.25) is 0 Å². The molecule has 0 saturated heterocycles. The summed E-state index contributed by atoms with van der Waals surface area (Å²) in [6.07, 6.45) is 1.00. The summed E-state index contributed by atoms with van der Waals surface area (Å²) in [4.78, 5) is 1.40. The molecule has 0 aliphatic heterocycles. The summed E-state index contributed by atoms with van der Waals surface area (Å²) in [6.45, 7) is 0. The first kappa shape index (κ1) is 11.3. The summed E-state index contributed by atoms with van der Waals surface area (Å²) >= 11 is 1.81. The Morgan fingerprint density at radius 3 is 2.78 bits per heavy atom. The van der Waals surface area contributed by atoms with Gasteiger partial charge >= 0.3 is 0 Å². The molecule has 1 aromatic heterocycles. The number of fused-ring (bicyclic) bond motifs is 1. The molecule has 0 spiro atoms. The van der Waals surface area contributed by atoms with Gasteiger partial charge in [0.25, 0.3) is 0 Å². The zero-order chi connectivity index (χ0) is 12.4. The summed E-state index contributed by atoms with van der Waals surface area (Å²) in [6, 6.07) is 17.0. The van der Waals surface area contributed by atoms with E-state index in [9.17, 15) is 0 Å². The van der Waals surface area contributed by atoms with Crippen molar-refractivity contribution in [3.8, 4) is 5.75 Å². The maximum absolute atomic E-state index is 5.27. The first-order chi connectivity index (χ1) is 8.86. The van der Waals surface area contributed by atoms with E-state index in [1.54, 1.807) is 7.11 Å². The summed E-state index contributed by atoms with van der Waals surface area (Å²) in [5.41, 5.74) is 1.37. The van der Waals surface area contributed by atoms with Crippen molar-refractivity contribution in [1.29, 1.82) is 0 Å². The highest BCUT2D eigenvalue weighted by Crippen LogP contribution is 2.26. The third-order valence-electron chi connectivity index (χ3n) is 3.12. The lowest BCUT2D eigenvalue weighted by molar-refractivity contribution is 0.415. The minimum absolute atomic E-state index is 0.913. The number of hydrogen-bond donors (Lipinski definition) is 0. The van der Waals surface area contributed by atoms with Crippen LogP contribution in [-0.4, -0.2) is 7.11 Å². The Hall–Kier alpha value is -1.80. The minimum Gasteiger partial charge on any atom is -0.497 e. The van der Waals surface area contributed by atoms with Crippen molar-refractivity contribution in [1.82, 2.24) is 0 Å². The molecule has 2 heteroatoms. The van der Waals surface area contributed by atoms with E-state index in [1.165, 1.54) is 21.2 Å². The molecule has 0 saturated carbocycles. The predicted octanol–water partition coefficient (Wildman–Crippen LogP) is 4.50. The first-order valence-electron chi connectivity index (χ1n) is 5.95. The van der Waals surface area contributed by atoms with Crippen molar-refractivity contribution in [3.05, 3.63) is 64.4 Å². The lowest BCUT2D eigenvalue weighted by Crippen LogP contribution is -1.88. The van der Waals surface area contributed by atoms with Gasteiger partial charge in [-0.3, -0.25) is 0 Å². The summed E-state index contributed by atoms with van der Waals surface area (Å²) < 4.78 is 5.27. The van der Waals surface area contributed by atoms with E-state index in [0.29, 0.717) is 0 Å². The molecule has 0 radical (unpaired) electrons. The van der Waals surface area contributed by atoms with Gasteiger partial charge in [0.15, 0.2) is 0 Å². The van der Waals surface area contributed by atoms with E-state index in [4.69, 9.17) is 4.74 Å². The van der Waals surface area contributed by atoms with Crippen LogP contribution >= 0.6 is 11.3 Å². The van der Waals surface area contributed by atoms with Crippen molar-refractivity contribution in [2.75, 3.05) is 7.11 Å². The molecule has 0 fully saturated rings. The minimum atomic E-state index is 0.913. The molecular weight excluding hydrogens is 240 g/mol. The third-order valence-corrected chi connectivity index (χ3v) is 4.00. The number of thiophene rings is 1. The molecule has 0 unspecified atom stereocenters. The molecule has 2 aromatic carbocycles. The lowest BCUT2D eigenvalue weighted by atomic mass is 10.0. The van der Waals surface area contributed by atoms with E-state index in [1.807, 2.05) is 17.4 Å². The quantitative estimate of drug-likeness (QED) is 0.668. The Kier molecular flexibility index (Phi) is 3.03. The Balaban J connectivity index is 2.06. The Labute approximate surface area is 111 Å². The van der Waals surface area contributed by atoms with Crippen molar-refractivity contribution >= 4 is 22.1 Å². The highest BCUT2D eigenvalue weighted by Gasteiger charge is 2.04. The zero-order valence-corrected chi connectivity index (χ0v) is 11.0. The number of benzene rings is 2. The van der Waals surface area contributed by atoms with Gasteiger partial charge in [0.1, 0.15) is 5.75 Å². The van der Waals surface area contributed by atoms with Gasteiger partial charge in [-0.05, 0) is 39.9 Å². The van der Waals surface area contributed by atoms with Crippen LogP contribution < -0.4 is 4.74 Å². The van der Waals surface area contributed by atoms with Crippen LogP contribution in [0.15, 0.2) is 53.9 Å². The zero-order valence-electron chi connectivity index (χ0n) is 10.2.